The molecule has 2 rings (SSSR count). The summed E-state index contributed by atoms with van der Waals surface area (Å²) >= 11 is 0. The van der Waals surface area contributed by atoms with Crippen LogP contribution < -0.4 is 5.32 Å². The molecule has 0 bridgehead atoms. The van der Waals surface area contributed by atoms with E-state index in [0.29, 0.717) is 6.07 Å². The highest BCUT2D eigenvalue weighted by molar-refractivity contribution is 6.00. The third-order valence-electron chi connectivity index (χ3n) is 3.29. The Morgan fingerprint density at radius 2 is 1.64 bits per heavy atom. The minimum absolute atomic E-state index is 0.271. The normalized spacial score (nSPS) is 11.4. The number of nitrogens with zero attached hydrogens (tertiary/aromatic N) is 2. The lowest BCUT2D eigenvalue weighted by Crippen LogP contribution is -2.34. The van der Waals surface area contributed by atoms with Gasteiger partial charge in [-0.05, 0) is 11.6 Å². The van der Waals surface area contributed by atoms with Crippen molar-refractivity contribution in [2.75, 3.05) is 0 Å². The number of benzene rings is 2. The number of carbonyl (C=O) groups excluding carboxylic acids is 1. The van der Waals surface area contributed by atoms with Gasteiger partial charge in [0, 0.05) is 6.07 Å². The van der Waals surface area contributed by atoms with Gasteiger partial charge in [-0.25, -0.2) is 4.79 Å². The summed E-state index contributed by atoms with van der Waals surface area (Å²) in [5, 5.41) is 33.3. The molecule has 25 heavy (non-hydrogen) atoms. The van der Waals surface area contributed by atoms with E-state index in [1.54, 1.807) is 18.2 Å². The summed E-state index contributed by atoms with van der Waals surface area (Å²) in [6.07, 6.45) is 0. The molecule has 1 atom stereocenters. The molecule has 0 aliphatic carbocycles. The zero-order chi connectivity index (χ0) is 18.6. The minimum atomic E-state index is -1.43. The minimum Gasteiger partial charge on any atom is -0.479 e. The second-order valence-electron chi connectivity index (χ2n) is 4.87. The molecule has 0 aliphatic heterocycles. The Balaban J connectivity index is 2.38. The molecule has 2 aromatic carbocycles. The molecule has 0 radical (unpaired) electrons. The van der Waals surface area contributed by atoms with E-state index in [9.17, 15) is 34.9 Å². The highest BCUT2D eigenvalue weighted by Crippen LogP contribution is 2.25. The molecule has 2 N–H and O–H groups in total. The van der Waals surface area contributed by atoms with Gasteiger partial charge in [-0.15, -0.1) is 0 Å². The van der Waals surface area contributed by atoms with Gasteiger partial charge < -0.3 is 10.4 Å². The molecule has 0 saturated heterocycles. The molecule has 0 fully saturated rings. The zero-order valence-electron chi connectivity index (χ0n) is 12.5. The van der Waals surface area contributed by atoms with Gasteiger partial charge in [-0.3, -0.25) is 25.0 Å². The lowest BCUT2D eigenvalue weighted by atomic mass is 10.1. The number of non-ortho nitro benzene ring substituents is 1. The van der Waals surface area contributed by atoms with Crippen molar-refractivity contribution < 1.29 is 24.5 Å². The molecule has 0 unspecified atom stereocenters. The topological polar surface area (TPSA) is 153 Å². The number of carboxylic acid groups (broad SMARTS) is 1. The molecule has 0 spiro atoms. The molecule has 10 nitrogen and oxygen atoms in total. The van der Waals surface area contributed by atoms with E-state index in [0.717, 1.165) is 12.1 Å². The summed E-state index contributed by atoms with van der Waals surface area (Å²) < 4.78 is 0. The largest absolute Gasteiger partial charge is 0.479 e. The van der Waals surface area contributed by atoms with E-state index < -0.39 is 44.7 Å². The molecular weight excluding hydrogens is 334 g/mol. The molecular formula is C15H11N3O7. The van der Waals surface area contributed by atoms with Crippen LogP contribution in [-0.2, 0) is 4.79 Å². The van der Waals surface area contributed by atoms with E-state index >= 15 is 0 Å². The Hall–Kier alpha value is -3.82. The van der Waals surface area contributed by atoms with E-state index in [4.69, 9.17) is 0 Å². The zero-order valence-corrected chi connectivity index (χ0v) is 12.5. The van der Waals surface area contributed by atoms with Crippen molar-refractivity contribution in [1.82, 2.24) is 5.32 Å². The van der Waals surface area contributed by atoms with E-state index in [1.807, 2.05) is 0 Å². The average Bonchev–Trinajstić information content (AvgIpc) is 2.59. The van der Waals surface area contributed by atoms with E-state index in [-0.39, 0.29) is 5.56 Å². The standard InChI is InChI=1S/C15H11N3O7/c19-14(16-13(15(20)21)9-4-2-1-3-5-9)11-7-6-10(17(22)23)8-12(11)18(24)25/h1-8,13H,(H,16,19)(H,20,21)/t13-/m0/s1. The first-order valence-electron chi connectivity index (χ1n) is 6.82. The van der Waals surface area contributed by atoms with E-state index in [2.05, 4.69) is 5.32 Å². The van der Waals surface area contributed by atoms with Crippen LogP contribution in [0.25, 0.3) is 0 Å². The van der Waals surface area contributed by atoms with Gasteiger partial charge in [0.2, 0.25) is 0 Å². The van der Waals surface area contributed by atoms with Crippen molar-refractivity contribution in [2.45, 2.75) is 6.04 Å². The van der Waals surface area contributed by atoms with Crippen molar-refractivity contribution in [3.63, 3.8) is 0 Å². The van der Waals surface area contributed by atoms with Crippen LogP contribution >= 0.6 is 0 Å². The smallest absolute Gasteiger partial charge is 0.330 e. The first-order valence-corrected chi connectivity index (χ1v) is 6.82. The van der Waals surface area contributed by atoms with Crippen LogP contribution in [-0.4, -0.2) is 26.8 Å². The van der Waals surface area contributed by atoms with Crippen LogP contribution in [0.1, 0.15) is 22.0 Å². The highest BCUT2D eigenvalue weighted by atomic mass is 16.6. The third-order valence-corrected chi connectivity index (χ3v) is 3.29. The number of nitro groups is 2. The molecule has 128 valence electrons. The monoisotopic (exact) mass is 345 g/mol. The second kappa shape index (κ2) is 7.17. The predicted molar refractivity (Wildman–Crippen MR) is 84.0 cm³/mol. The summed E-state index contributed by atoms with van der Waals surface area (Å²) in [6.45, 7) is 0. The van der Waals surface area contributed by atoms with Crippen LogP contribution in [0.4, 0.5) is 11.4 Å². The number of nitrogens with one attached hydrogen (secondary N) is 1. The molecule has 0 aromatic heterocycles. The van der Waals surface area contributed by atoms with Crippen molar-refractivity contribution in [1.29, 1.82) is 0 Å². The van der Waals surface area contributed by atoms with Gasteiger partial charge in [0.25, 0.3) is 17.3 Å². The van der Waals surface area contributed by atoms with Crippen molar-refractivity contribution in [3.8, 4) is 0 Å². The quantitative estimate of drug-likeness (QED) is 0.600. The average molecular weight is 345 g/mol. The Kier molecular flexibility index (Phi) is 5.03. The number of nitro benzene ring substituents is 2. The Labute approximate surface area is 140 Å². The van der Waals surface area contributed by atoms with Crippen LogP contribution in [0.2, 0.25) is 0 Å². The van der Waals surface area contributed by atoms with Gasteiger partial charge in [0.05, 0.1) is 15.9 Å². The number of hydrogen-bond donors (Lipinski definition) is 2. The van der Waals surface area contributed by atoms with Gasteiger partial charge in [0.1, 0.15) is 5.56 Å². The second-order valence-corrected chi connectivity index (χ2v) is 4.87. The number of aliphatic carboxylic acids is 1. The van der Waals surface area contributed by atoms with Crippen molar-refractivity contribution >= 4 is 23.3 Å². The number of carboxylic acids is 1. The van der Waals surface area contributed by atoms with Crippen molar-refractivity contribution in [2.24, 2.45) is 0 Å². The van der Waals surface area contributed by atoms with E-state index in [1.165, 1.54) is 12.1 Å². The summed E-state index contributed by atoms with van der Waals surface area (Å²) in [4.78, 5) is 43.7. The first kappa shape index (κ1) is 17.5. The number of rotatable bonds is 6. The fourth-order valence-electron chi connectivity index (χ4n) is 2.12. The lowest BCUT2D eigenvalue weighted by Gasteiger charge is -2.14. The summed E-state index contributed by atoms with van der Waals surface area (Å²) in [7, 11) is 0. The Bertz CT molecular complexity index is 851. The Morgan fingerprint density at radius 3 is 2.16 bits per heavy atom. The van der Waals surface area contributed by atoms with Crippen LogP contribution in [0.15, 0.2) is 48.5 Å². The molecule has 0 saturated carbocycles. The Morgan fingerprint density at radius 1 is 1.00 bits per heavy atom. The highest BCUT2D eigenvalue weighted by Gasteiger charge is 2.28. The summed E-state index contributed by atoms with van der Waals surface area (Å²) in [5.41, 5.74) is -1.55. The molecule has 2 aromatic rings. The van der Waals surface area contributed by atoms with Gasteiger partial charge in [-0.2, -0.15) is 0 Å². The third kappa shape index (κ3) is 3.93. The number of amides is 1. The van der Waals surface area contributed by atoms with Crippen LogP contribution in [0.5, 0.6) is 0 Å². The van der Waals surface area contributed by atoms with Gasteiger partial charge in [-0.1, -0.05) is 30.3 Å². The predicted octanol–water partition coefficient (Wildman–Crippen LogP) is 2.06. The maximum atomic E-state index is 12.3. The SMILES string of the molecule is O=C(N[C@H](C(=O)O)c1ccccc1)c1ccc([N+](=O)[O-])cc1[N+](=O)[O-]. The van der Waals surface area contributed by atoms with Gasteiger partial charge >= 0.3 is 5.97 Å². The fourth-order valence-corrected chi connectivity index (χ4v) is 2.12. The number of hydrogen-bond acceptors (Lipinski definition) is 6. The van der Waals surface area contributed by atoms with Gasteiger partial charge in [0.15, 0.2) is 6.04 Å². The van der Waals surface area contributed by atoms with Crippen LogP contribution in [0.3, 0.4) is 0 Å². The maximum Gasteiger partial charge on any atom is 0.330 e. The summed E-state index contributed by atoms with van der Waals surface area (Å²) in [6, 6.07) is 8.82. The van der Waals surface area contributed by atoms with Crippen molar-refractivity contribution in [3.05, 3.63) is 79.9 Å². The summed E-state index contributed by atoms with van der Waals surface area (Å²) in [5.74, 6) is -2.39. The molecule has 10 heteroatoms. The first-order chi connectivity index (χ1) is 11.8. The number of carbonyl (C=O) groups is 2. The lowest BCUT2D eigenvalue weighted by molar-refractivity contribution is -0.394. The molecule has 0 heterocycles. The van der Waals surface area contributed by atoms with Crippen LogP contribution in [0, 0.1) is 20.2 Å². The fraction of sp³-hybridized carbons (Fsp3) is 0.0667. The maximum absolute atomic E-state index is 12.3. The molecule has 1 amide bonds. The molecule has 0 aliphatic rings.